The SMILES string of the molecule is CCOC(=O)CC(=O)N1c2ccc(OC(F)(F)F)cc2C(N(Cc2cc(C(F)(F)F)cc(C(F)(F)F)c2)c2nnn(C)n2)CC1CC. The molecule has 3 aromatic rings. The average Bonchev–Trinajstić information content (AvgIpc) is 3.39. The lowest BCUT2D eigenvalue weighted by molar-refractivity contribution is -0.274. The van der Waals surface area contributed by atoms with Crippen LogP contribution in [0.15, 0.2) is 36.4 Å². The number of nitrogens with zero attached hydrogens (tertiary/aromatic N) is 6. The highest BCUT2D eigenvalue weighted by Gasteiger charge is 2.42. The van der Waals surface area contributed by atoms with Crippen LogP contribution in [0, 0.1) is 0 Å². The second-order valence-corrected chi connectivity index (χ2v) is 10.4. The normalized spacial score (nSPS) is 16.9. The van der Waals surface area contributed by atoms with Gasteiger partial charge in [-0.3, -0.25) is 9.59 Å². The van der Waals surface area contributed by atoms with Crippen LogP contribution >= 0.6 is 0 Å². The van der Waals surface area contributed by atoms with Crippen molar-refractivity contribution in [1.29, 1.82) is 0 Å². The summed E-state index contributed by atoms with van der Waals surface area (Å²) in [5.74, 6) is -2.61. The van der Waals surface area contributed by atoms with Crippen molar-refractivity contribution >= 4 is 23.5 Å². The van der Waals surface area contributed by atoms with Gasteiger partial charge < -0.3 is 19.3 Å². The molecule has 256 valence electrons. The van der Waals surface area contributed by atoms with Crippen LogP contribution in [0.2, 0.25) is 0 Å². The fraction of sp³-hybridized carbons (Fsp3) is 0.464. The Kier molecular flexibility index (Phi) is 9.96. The van der Waals surface area contributed by atoms with Crippen molar-refractivity contribution in [3.8, 4) is 5.75 Å². The van der Waals surface area contributed by atoms with Crippen LogP contribution in [-0.4, -0.2) is 51.1 Å². The summed E-state index contributed by atoms with van der Waals surface area (Å²) in [7, 11) is 1.34. The molecule has 2 aromatic carbocycles. The summed E-state index contributed by atoms with van der Waals surface area (Å²) in [5.41, 5.74) is -3.66. The Hall–Kier alpha value is -4.58. The Balaban J connectivity index is 1.91. The van der Waals surface area contributed by atoms with Crippen molar-refractivity contribution < 1.29 is 58.6 Å². The number of aryl methyl sites for hydroxylation is 1. The predicted octanol–water partition coefficient (Wildman–Crippen LogP) is 6.36. The maximum atomic E-state index is 13.7. The molecular weight excluding hydrogens is 655 g/mol. The molecule has 0 N–H and O–H groups in total. The summed E-state index contributed by atoms with van der Waals surface area (Å²) < 4.78 is 131. The molecule has 0 spiro atoms. The standard InChI is InChI=1S/C28H27F9N6O4/c1-4-18-11-22(20-12-19(47-28(35,36)37)6-7-21(20)43(18)23(44)13-24(45)46-5-2)42(25-38-40-41(3)39-25)14-15-8-16(26(29,30)31)10-17(9-15)27(32,33)34/h6-10,12,18,22H,4-5,11,13-14H2,1-3H3. The van der Waals surface area contributed by atoms with Crippen molar-refractivity contribution in [2.45, 2.75) is 70.5 Å². The zero-order valence-electron chi connectivity index (χ0n) is 24.9. The van der Waals surface area contributed by atoms with Crippen molar-refractivity contribution in [3.63, 3.8) is 0 Å². The Bertz CT molecular complexity index is 1570. The minimum Gasteiger partial charge on any atom is -0.466 e. The molecule has 1 aliphatic heterocycles. The largest absolute Gasteiger partial charge is 0.573 e. The van der Waals surface area contributed by atoms with E-state index in [-0.39, 0.29) is 42.7 Å². The summed E-state index contributed by atoms with van der Waals surface area (Å²) in [6.07, 6.45) is -16.1. The Morgan fingerprint density at radius 2 is 1.60 bits per heavy atom. The van der Waals surface area contributed by atoms with Gasteiger partial charge in [0.1, 0.15) is 12.2 Å². The number of esters is 1. The number of hydrogen-bond acceptors (Lipinski definition) is 8. The topological polar surface area (TPSA) is 103 Å². The Morgan fingerprint density at radius 1 is 0.957 bits per heavy atom. The van der Waals surface area contributed by atoms with Crippen LogP contribution in [0.5, 0.6) is 5.75 Å². The van der Waals surface area contributed by atoms with Gasteiger partial charge in [-0.15, -0.1) is 18.3 Å². The number of benzene rings is 2. The molecule has 1 aliphatic rings. The first kappa shape index (κ1) is 35.3. The van der Waals surface area contributed by atoms with Gasteiger partial charge in [-0.05, 0) is 66.9 Å². The molecule has 4 rings (SSSR count). The van der Waals surface area contributed by atoms with Crippen LogP contribution in [-0.2, 0) is 40.3 Å². The number of anilines is 2. The van der Waals surface area contributed by atoms with Crippen LogP contribution in [0.1, 0.15) is 61.4 Å². The second-order valence-electron chi connectivity index (χ2n) is 10.4. The predicted molar refractivity (Wildman–Crippen MR) is 145 cm³/mol. The molecule has 0 bridgehead atoms. The zero-order valence-corrected chi connectivity index (χ0v) is 24.9. The Morgan fingerprint density at radius 3 is 2.11 bits per heavy atom. The molecule has 0 saturated heterocycles. The van der Waals surface area contributed by atoms with E-state index in [0.717, 1.165) is 23.0 Å². The number of halogens is 9. The van der Waals surface area contributed by atoms with Gasteiger partial charge in [0.05, 0.1) is 30.8 Å². The maximum absolute atomic E-state index is 13.7. The third-order valence-corrected chi connectivity index (χ3v) is 7.18. The van der Waals surface area contributed by atoms with E-state index in [9.17, 15) is 49.1 Å². The number of hydrogen-bond donors (Lipinski definition) is 0. The highest BCUT2D eigenvalue weighted by Crippen LogP contribution is 2.46. The molecule has 0 aliphatic carbocycles. The lowest BCUT2D eigenvalue weighted by Crippen LogP contribution is -2.48. The molecular formula is C28H27F9N6O4. The average molecular weight is 683 g/mol. The first-order chi connectivity index (χ1) is 21.8. The van der Waals surface area contributed by atoms with Gasteiger partial charge in [-0.2, -0.15) is 31.1 Å². The molecule has 0 radical (unpaired) electrons. The molecule has 10 nitrogen and oxygen atoms in total. The van der Waals surface area contributed by atoms with Crippen molar-refractivity contribution in [2.24, 2.45) is 7.05 Å². The number of tetrazole rings is 1. The van der Waals surface area contributed by atoms with E-state index < -0.39 is 78.1 Å². The number of aromatic nitrogens is 4. The highest BCUT2D eigenvalue weighted by atomic mass is 19.4. The molecule has 2 atom stereocenters. The summed E-state index contributed by atoms with van der Waals surface area (Å²) in [6, 6.07) is 2.10. The zero-order chi connectivity index (χ0) is 34.9. The maximum Gasteiger partial charge on any atom is 0.573 e. The number of fused-ring (bicyclic) bond motifs is 1. The van der Waals surface area contributed by atoms with Crippen molar-refractivity contribution in [3.05, 3.63) is 58.7 Å². The van der Waals surface area contributed by atoms with Crippen LogP contribution in [0.25, 0.3) is 0 Å². The minimum atomic E-state index is -5.15. The van der Waals surface area contributed by atoms with Gasteiger partial charge in [0, 0.05) is 23.8 Å². The number of carbonyl (C=O) groups excluding carboxylic acids is 2. The van der Waals surface area contributed by atoms with Gasteiger partial charge in [-0.1, -0.05) is 12.0 Å². The molecule has 2 unspecified atom stereocenters. The van der Waals surface area contributed by atoms with Crippen LogP contribution < -0.4 is 14.5 Å². The van der Waals surface area contributed by atoms with Crippen molar-refractivity contribution in [1.82, 2.24) is 20.2 Å². The first-order valence-corrected chi connectivity index (χ1v) is 14.0. The molecule has 1 aromatic heterocycles. The van der Waals surface area contributed by atoms with Gasteiger partial charge in [0.15, 0.2) is 0 Å². The van der Waals surface area contributed by atoms with E-state index in [1.807, 2.05) is 0 Å². The quantitative estimate of drug-likeness (QED) is 0.146. The van der Waals surface area contributed by atoms with Gasteiger partial charge in [-0.25, -0.2) is 0 Å². The monoisotopic (exact) mass is 682 g/mol. The number of ether oxygens (including phenoxy) is 2. The van der Waals surface area contributed by atoms with Gasteiger partial charge in [0.25, 0.3) is 5.95 Å². The van der Waals surface area contributed by atoms with E-state index in [1.54, 1.807) is 6.92 Å². The minimum absolute atomic E-state index is 0.0193. The summed E-state index contributed by atoms with van der Waals surface area (Å²) in [6.45, 7) is 2.48. The van der Waals surface area contributed by atoms with Gasteiger partial charge >= 0.3 is 24.7 Å². The molecule has 1 amide bonds. The molecule has 47 heavy (non-hydrogen) atoms. The number of carbonyl (C=O) groups is 2. The Labute approximate surface area is 261 Å². The van der Waals surface area contributed by atoms with Gasteiger partial charge in [0.2, 0.25) is 5.91 Å². The third-order valence-electron chi connectivity index (χ3n) is 7.18. The van der Waals surface area contributed by atoms with Crippen molar-refractivity contribution in [2.75, 3.05) is 16.4 Å². The summed E-state index contributed by atoms with van der Waals surface area (Å²) >= 11 is 0. The van der Waals surface area contributed by atoms with Crippen LogP contribution in [0.4, 0.5) is 51.1 Å². The van der Waals surface area contributed by atoms with E-state index in [4.69, 9.17) is 4.74 Å². The summed E-state index contributed by atoms with van der Waals surface area (Å²) in [4.78, 5) is 28.9. The van der Waals surface area contributed by atoms with E-state index in [1.165, 1.54) is 23.8 Å². The highest BCUT2D eigenvalue weighted by molar-refractivity contribution is 6.04. The number of amides is 1. The molecule has 0 saturated carbocycles. The first-order valence-electron chi connectivity index (χ1n) is 14.0. The summed E-state index contributed by atoms with van der Waals surface area (Å²) in [5, 5.41) is 11.7. The third kappa shape index (κ3) is 8.42. The fourth-order valence-electron chi connectivity index (χ4n) is 5.32. The lowest BCUT2D eigenvalue weighted by atomic mass is 9.87. The fourth-order valence-corrected chi connectivity index (χ4v) is 5.32. The van der Waals surface area contributed by atoms with E-state index in [2.05, 4.69) is 20.1 Å². The molecule has 19 heteroatoms. The molecule has 0 fully saturated rings. The second kappa shape index (κ2) is 13.3. The molecule has 2 heterocycles. The number of rotatable bonds is 9. The van der Waals surface area contributed by atoms with Crippen LogP contribution in [0.3, 0.4) is 0 Å². The number of alkyl halides is 9. The smallest absolute Gasteiger partial charge is 0.466 e. The lowest BCUT2D eigenvalue weighted by Gasteiger charge is -2.44. The van der Waals surface area contributed by atoms with E-state index >= 15 is 0 Å². The van der Waals surface area contributed by atoms with E-state index in [0.29, 0.717) is 12.1 Å².